The lowest BCUT2D eigenvalue weighted by atomic mass is 9.84. The number of benzene rings is 2. The van der Waals surface area contributed by atoms with E-state index in [-0.39, 0.29) is 36.1 Å². The van der Waals surface area contributed by atoms with Gasteiger partial charge in [0, 0.05) is 64.2 Å². The van der Waals surface area contributed by atoms with Gasteiger partial charge in [-0.2, -0.15) is 5.26 Å². The summed E-state index contributed by atoms with van der Waals surface area (Å²) in [5.41, 5.74) is 4.54. The number of Topliss-reactive ketones (excluding diaryl/α,β-unsaturated/α-hetero) is 1. The Morgan fingerprint density at radius 3 is 2.30 bits per heavy atom. The maximum atomic E-state index is 13.6. The van der Waals surface area contributed by atoms with Gasteiger partial charge in [-0.15, -0.1) is 0 Å². The van der Waals surface area contributed by atoms with Crippen LogP contribution >= 0.6 is 0 Å². The van der Waals surface area contributed by atoms with E-state index in [4.69, 9.17) is 15.4 Å². The van der Waals surface area contributed by atoms with E-state index in [0.717, 1.165) is 22.5 Å². The Balaban J connectivity index is 1.97. The lowest BCUT2D eigenvalue weighted by molar-refractivity contribution is 0.0955. The minimum atomic E-state index is -0.332. The molecule has 0 saturated heterocycles. The number of carbonyl (C=O) groups is 2. The highest BCUT2D eigenvalue weighted by molar-refractivity contribution is 6.08. The summed E-state index contributed by atoms with van der Waals surface area (Å²) in [7, 11) is 9.06. The van der Waals surface area contributed by atoms with Gasteiger partial charge >= 0.3 is 0 Å². The first kappa shape index (κ1) is 27.5. The Bertz CT molecular complexity index is 1280. The van der Waals surface area contributed by atoms with Crippen molar-refractivity contribution in [3.05, 3.63) is 52.1 Å². The second kappa shape index (κ2) is 10.5. The highest BCUT2D eigenvalue weighted by Crippen LogP contribution is 2.40. The number of amidine groups is 1. The number of rotatable bonds is 8. The number of carbonyl (C=O) groups excluding carboxylic acids is 2. The zero-order valence-electron chi connectivity index (χ0n) is 22.9. The third kappa shape index (κ3) is 5.53. The SMILES string of the molecule is CNC(=O)c1cc2c(cc1N(C)C)CN(CC(=O)c1cc(N(C)C)c(OCC#N)c(C(C)(C)C)c1)C2=N. The molecule has 1 aliphatic heterocycles. The molecule has 3 rings (SSSR count). The van der Waals surface area contributed by atoms with Gasteiger partial charge in [-0.1, -0.05) is 20.8 Å². The van der Waals surface area contributed by atoms with E-state index >= 15 is 0 Å². The van der Waals surface area contributed by atoms with Gasteiger partial charge in [0.25, 0.3) is 5.91 Å². The molecule has 0 aliphatic carbocycles. The second-order valence-electron chi connectivity index (χ2n) is 10.6. The molecule has 37 heavy (non-hydrogen) atoms. The van der Waals surface area contributed by atoms with Gasteiger partial charge in [0.05, 0.1) is 17.8 Å². The van der Waals surface area contributed by atoms with E-state index in [1.165, 1.54) is 0 Å². The number of fused-ring (bicyclic) bond motifs is 1. The van der Waals surface area contributed by atoms with Crippen LogP contribution in [0.15, 0.2) is 24.3 Å². The summed E-state index contributed by atoms with van der Waals surface area (Å²) in [6.07, 6.45) is 0. The fourth-order valence-corrected chi connectivity index (χ4v) is 4.44. The Hall–Kier alpha value is -4.06. The minimum Gasteiger partial charge on any atom is -0.476 e. The van der Waals surface area contributed by atoms with Crippen LogP contribution in [0.5, 0.6) is 5.75 Å². The van der Waals surface area contributed by atoms with Crippen LogP contribution in [-0.2, 0) is 12.0 Å². The smallest absolute Gasteiger partial charge is 0.253 e. The fraction of sp³-hybridized carbons (Fsp3) is 0.429. The van der Waals surface area contributed by atoms with Crippen LogP contribution in [0.3, 0.4) is 0 Å². The average Bonchev–Trinajstić information content (AvgIpc) is 3.14. The van der Waals surface area contributed by atoms with Gasteiger partial charge in [0.1, 0.15) is 17.7 Å². The van der Waals surface area contributed by atoms with E-state index < -0.39 is 0 Å². The van der Waals surface area contributed by atoms with Crippen molar-refractivity contribution >= 4 is 28.9 Å². The molecule has 0 saturated carbocycles. The van der Waals surface area contributed by atoms with Crippen molar-refractivity contribution in [1.29, 1.82) is 10.7 Å². The molecule has 9 nitrogen and oxygen atoms in total. The quantitative estimate of drug-likeness (QED) is 0.530. The van der Waals surface area contributed by atoms with E-state index in [1.54, 1.807) is 24.1 Å². The summed E-state index contributed by atoms with van der Waals surface area (Å²) in [6, 6.07) is 9.29. The van der Waals surface area contributed by atoms with Crippen molar-refractivity contribution in [2.75, 3.05) is 58.2 Å². The summed E-state index contributed by atoms with van der Waals surface area (Å²) in [4.78, 5) is 31.5. The molecular formula is C28H36N6O3. The van der Waals surface area contributed by atoms with Gasteiger partial charge in [-0.3, -0.25) is 15.0 Å². The lowest BCUT2D eigenvalue weighted by Crippen LogP contribution is -2.30. The number of amides is 1. The highest BCUT2D eigenvalue weighted by Gasteiger charge is 2.30. The van der Waals surface area contributed by atoms with Crippen LogP contribution in [0, 0.1) is 16.7 Å². The first-order chi connectivity index (χ1) is 17.3. The van der Waals surface area contributed by atoms with Crippen molar-refractivity contribution in [2.45, 2.75) is 32.7 Å². The molecular weight excluding hydrogens is 468 g/mol. The zero-order chi connectivity index (χ0) is 27.7. The van der Waals surface area contributed by atoms with E-state index in [2.05, 4.69) is 5.32 Å². The molecule has 0 unspecified atom stereocenters. The highest BCUT2D eigenvalue weighted by atomic mass is 16.5. The summed E-state index contributed by atoms with van der Waals surface area (Å²) < 4.78 is 5.81. The Kier molecular flexibility index (Phi) is 7.82. The van der Waals surface area contributed by atoms with Crippen LogP contribution in [0.25, 0.3) is 0 Å². The molecule has 2 aromatic carbocycles. The summed E-state index contributed by atoms with van der Waals surface area (Å²) >= 11 is 0. The average molecular weight is 505 g/mol. The third-order valence-corrected chi connectivity index (χ3v) is 6.40. The van der Waals surface area contributed by atoms with E-state index in [0.29, 0.717) is 29.0 Å². The van der Waals surface area contributed by atoms with Crippen molar-refractivity contribution in [2.24, 2.45) is 0 Å². The molecule has 0 spiro atoms. The molecule has 1 heterocycles. The maximum absolute atomic E-state index is 13.6. The maximum Gasteiger partial charge on any atom is 0.253 e. The van der Waals surface area contributed by atoms with Crippen LogP contribution in [0.2, 0.25) is 0 Å². The number of ketones is 1. The monoisotopic (exact) mass is 504 g/mol. The van der Waals surface area contributed by atoms with Gasteiger partial charge in [0.2, 0.25) is 0 Å². The molecule has 0 aromatic heterocycles. The predicted octanol–water partition coefficient (Wildman–Crippen LogP) is 3.40. The molecule has 0 fully saturated rings. The van der Waals surface area contributed by atoms with E-state index in [1.807, 2.05) is 77.0 Å². The zero-order valence-corrected chi connectivity index (χ0v) is 22.9. The molecule has 0 bridgehead atoms. The number of nitrogens with one attached hydrogen (secondary N) is 2. The molecule has 0 atom stereocenters. The minimum absolute atomic E-state index is 0.0228. The number of nitrogens with zero attached hydrogens (tertiary/aromatic N) is 4. The first-order valence-electron chi connectivity index (χ1n) is 12.1. The standard InChI is InChI=1S/C28H36N6O3/c1-28(2,3)21-11-17(12-23(33(7)8)25(21)37-10-9-29)24(35)16-34-15-18-13-22(32(5)6)20(27(36)31-4)14-19(18)26(34)30/h11-14,30H,10,15-16H2,1-8H3,(H,31,36). The summed E-state index contributed by atoms with van der Waals surface area (Å²) in [6.45, 7) is 6.45. The van der Waals surface area contributed by atoms with Gasteiger partial charge in [-0.25, -0.2) is 0 Å². The predicted molar refractivity (Wildman–Crippen MR) is 146 cm³/mol. The van der Waals surface area contributed by atoms with Crippen molar-refractivity contribution in [3.8, 4) is 11.8 Å². The van der Waals surface area contributed by atoms with Gasteiger partial charge in [-0.05, 0) is 35.2 Å². The normalized spacial score (nSPS) is 12.6. The largest absolute Gasteiger partial charge is 0.476 e. The first-order valence-corrected chi connectivity index (χ1v) is 12.1. The molecule has 2 aromatic rings. The molecule has 1 amide bonds. The molecule has 1 aliphatic rings. The van der Waals surface area contributed by atoms with Crippen LogP contribution in [-0.4, -0.2) is 70.8 Å². The number of nitriles is 1. The van der Waals surface area contributed by atoms with Crippen molar-refractivity contribution < 1.29 is 14.3 Å². The van der Waals surface area contributed by atoms with Crippen LogP contribution < -0.4 is 19.9 Å². The Morgan fingerprint density at radius 2 is 1.76 bits per heavy atom. The van der Waals surface area contributed by atoms with Gasteiger partial charge < -0.3 is 24.8 Å². The molecule has 2 N–H and O–H groups in total. The van der Waals surface area contributed by atoms with Crippen LogP contribution in [0.1, 0.15) is 58.2 Å². The number of hydrogen-bond acceptors (Lipinski definition) is 7. The number of hydrogen-bond donors (Lipinski definition) is 2. The topological polar surface area (TPSA) is 113 Å². The number of ether oxygens (including phenoxy) is 1. The Labute approximate surface area is 219 Å². The summed E-state index contributed by atoms with van der Waals surface area (Å²) in [5, 5.41) is 20.5. The van der Waals surface area contributed by atoms with Gasteiger partial charge in [0.15, 0.2) is 12.4 Å². The van der Waals surface area contributed by atoms with Crippen LogP contribution in [0.4, 0.5) is 11.4 Å². The van der Waals surface area contributed by atoms with E-state index in [9.17, 15) is 9.59 Å². The fourth-order valence-electron chi connectivity index (χ4n) is 4.44. The number of anilines is 2. The Morgan fingerprint density at radius 1 is 1.11 bits per heavy atom. The molecule has 9 heteroatoms. The summed E-state index contributed by atoms with van der Waals surface area (Å²) in [5.74, 6) is 0.460. The van der Waals surface area contributed by atoms with Crippen molar-refractivity contribution in [3.63, 3.8) is 0 Å². The lowest BCUT2D eigenvalue weighted by Gasteiger charge is -2.28. The third-order valence-electron chi connectivity index (χ3n) is 6.40. The second-order valence-corrected chi connectivity index (χ2v) is 10.6. The molecule has 196 valence electrons. The van der Waals surface area contributed by atoms with Crippen molar-refractivity contribution in [1.82, 2.24) is 10.2 Å². The molecule has 0 radical (unpaired) electrons.